The molecule has 0 bridgehead atoms. The lowest BCUT2D eigenvalue weighted by Gasteiger charge is -2.16. The van der Waals surface area contributed by atoms with E-state index in [1.807, 2.05) is 36.4 Å². The van der Waals surface area contributed by atoms with Gasteiger partial charge in [-0.05, 0) is 24.6 Å². The Kier molecular flexibility index (Phi) is 6.57. The molecule has 7 heteroatoms. The lowest BCUT2D eigenvalue weighted by molar-refractivity contribution is -0.126. The van der Waals surface area contributed by atoms with Crippen molar-refractivity contribution >= 4 is 11.9 Å². The first kappa shape index (κ1) is 18.8. The fourth-order valence-corrected chi connectivity index (χ4v) is 2.11. The summed E-state index contributed by atoms with van der Waals surface area (Å²) >= 11 is 0. The quantitative estimate of drug-likeness (QED) is 0.830. The van der Waals surface area contributed by atoms with Gasteiger partial charge in [0.1, 0.15) is 0 Å². The summed E-state index contributed by atoms with van der Waals surface area (Å²) in [6.45, 7) is 1.82. The van der Waals surface area contributed by atoms with Crippen LogP contribution in [0.2, 0.25) is 0 Å². The van der Waals surface area contributed by atoms with Crippen LogP contribution in [-0.2, 0) is 11.3 Å². The molecule has 0 aliphatic heterocycles. The van der Waals surface area contributed by atoms with E-state index in [9.17, 15) is 9.59 Å². The predicted molar refractivity (Wildman–Crippen MR) is 94.6 cm³/mol. The Morgan fingerprint density at radius 2 is 1.88 bits per heavy atom. The van der Waals surface area contributed by atoms with Crippen molar-refractivity contribution in [1.82, 2.24) is 10.6 Å². The zero-order chi connectivity index (χ0) is 18.9. The highest BCUT2D eigenvalue weighted by atomic mass is 16.5. The van der Waals surface area contributed by atoms with E-state index in [-0.39, 0.29) is 0 Å². The number of urea groups is 1. The topological polar surface area (TPSA) is 100 Å². The van der Waals surface area contributed by atoms with Gasteiger partial charge in [0.05, 0.1) is 18.7 Å². The minimum Gasteiger partial charge on any atom is -0.493 e. The summed E-state index contributed by atoms with van der Waals surface area (Å²) in [6.07, 6.45) is -0.931. The van der Waals surface area contributed by atoms with Crippen LogP contribution in [0.15, 0.2) is 48.5 Å². The number of hydrogen-bond donors (Lipinski definition) is 2. The summed E-state index contributed by atoms with van der Waals surface area (Å²) in [4.78, 5) is 23.9. The lowest BCUT2D eigenvalue weighted by atomic mass is 10.2. The third kappa shape index (κ3) is 5.24. The average molecular weight is 353 g/mol. The number of nitriles is 1. The molecule has 0 heterocycles. The van der Waals surface area contributed by atoms with E-state index in [1.54, 1.807) is 6.07 Å². The highest BCUT2D eigenvalue weighted by Crippen LogP contribution is 2.28. The number of carbonyl (C=O) groups is 2. The largest absolute Gasteiger partial charge is 0.493 e. The molecule has 0 aromatic heterocycles. The smallest absolute Gasteiger partial charge is 0.321 e. The molecule has 0 radical (unpaired) electrons. The number of benzene rings is 2. The summed E-state index contributed by atoms with van der Waals surface area (Å²) in [7, 11) is 1.44. The second-order valence-electron chi connectivity index (χ2n) is 5.40. The van der Waals surface area contributed by atoms with E-state index in [1.165, 1.54) is 26.2 Å². The Morgan fingerprint density at radius 3 is 2.54 bits per heavy atom. The van der Waals surface area contributed by atoms with Crippen molar-refractivity contribution in [2.24, 2.45) is 0 Å². The third-order valence-electron chi connectivity index (χ3n) is 3.50. The van der Waals surface area contributed by atoms with Crippen LogP contribution in [0.4, 0.5) is 4.79 Å². The Hall–Kier alpha value is -3.53. The van der Waals surface area contributed by atoms with Crippen molar-refractivity contribution in [2.45, 2.75) is 19.6 Å². The highest BCUT2D eigenvalue weighted by molar-refractivity contribution is 5.96. The molecule has 2 aromatic rings. The molecule has 0 fully saturated rings. The summed E-state index contributed by atoms with van der Waals surface area (Å²) < 4.78 is 10.7. The fraction of sp³-hybridized carbons (Fsp3) is 0.211. The Morgan fingerprint density at radius 1 is 1.15 bits per heavy atom. The van der Waals surface area contributed by atoms with Gasteiger partial charge in [0, 0.05) is 12.6 Å². The molecule has 26 heavy (non-hydrogen) atoms. The number of hydrogen-bond acceptors (Lipinski definition) is 5. The van der Waals surface area contributed by atoms with Gasteiger partial charge in [-0.15, -0.1) is 0 Å². The monoisotopic (exact) mass is 353 g/mol. The van der Waals surface area contributed by atoms with Gasteiger partial charge >= 0.3 is 6.03 Å². The summed E-state index contributed by atoms with van der Waals surface area (Å²) in [5.41, 5.74) is 1.33. The molecular formula is C19H19N3O4. The van der Waals surface area contributed by atoms with Gasteiger partial charge in [0.15, 0.2) is 17.6 Å². The first-order valence-corrected chi connectivity index (χ1v) is 7.91. The molecule has 7 nitrogen and oxygen atoms in total. The number of nitrogens with one attached hydrogen (secondary N) is 2. The van der Waals surface area contributed by atoms with Crippen LogP contribution in [0.3, 0.4) is 0 Å². The van der Waals surface area contributed by atoms with E-state index >= 15 is 0 Å². The summed E-state index contributed by atoms with van der Waals surface area (Å²) in [6, 6.07) is 15.3. The van der Waals surface area contributed by atoms with E-state index < -0.39 is 18.0 Å². The molecule has 0 aliphatic carbocycles. The van der Waals surface area contributed by atoms with Gasteiger partial charge in [-0.2, -0.15) is 5.26 Å². The van der Waals surface area contributed by atoms with Crippen LogP contribution in [0.5, 0.6) is 11.5 Å². The van der Waals surface area contributed by atoms with Crippen molar-refractivity contribution < 1.29 is 19.1 Å². The first-order chi connectivity index (χ1) is 12.5. The van der Waals surface area contributed by atoms with Crippen LogP contribution >= 0.6 is 0 Å². The van der Waals surface area contributed by atoms with Crippen molar-refractivity contribution in [2.75, 3.05) is 7.11 Å². The number of carbonyl (C=O) groups excluding carboxylic acids is 2. The minimum atomic E-state index is -0.931. The van der Waals surface area contributed by atoms with Crippen molar-refractivity contribution in [3.8, 4) is 17.6 Å². The molecule has 2 N–H and O–H groups in total. The van der Waals surface area contributed by atoms with Gasteiger partial charge in [0.25, 0.3) is 5.91 Å². The van der Waals surface area contributed by atoms with Gasteiger partial charge in [0.2, 0.25) is 0 Å². The SMILES string of the molecule is COc1cc(C#N)ccc1O[C@@H](C)C(=O)NC(=O)NCc1ccccc1. The highest BCUT2D eigenvalue weighted by Gasteiger charge is 2.19. The van der Waals surface area contributed by atoms with E-state index in [4.69, 9.17) is 14.7 Å². The molecule has 3 amide bonds. The van der Waals surface area contributed by atoms with Crippen molar-refractivity contribution in [3.05, 3.63) is 59.7 Å². The number of imide groups is 1. The predicted octanol–water partition coefficient (Wildman–Crippen LogP) is 2.36. The van der Waals surface area contributed by atoms with Gasteiger partial charge in [-0.25, -0.2) is 4.79 Å². The number of ether oxygens (including phenoxy) is 2. The molecular weight excluding hydrogens is 334 g/mol. The fourth-order valence-electron chi connectivity index (χ4n) is 2.11. The maximum atomic E-state index is 12.1. The minimum absolute atomic E-state index is 0.304. The van der Waals surface area contributed by atoms with Crippen LogP contribution in [-0.4, -0.2) is 25.2 Å². The van der Waals surface area contributed by atoms with E-state index in [2.05, 4.69) is 10.6 Å². The van der Waals surface area contributed by atoms with Gasteiger partial charge in [-0.1, -0.05) is 30.3 Å². The Bertz CT molecular complexity index is 815. The first-order valence-electron chi connectivity index (χ1n) is 7.91. The summed E-state index contributed by atoms with van der Waals surface area (Å²) in [5, 5.41) is 13.7. The summed E-state index contributed by atoms with van der Waals surface area (Å²) in [5.74, 6) is 0.0399. The van der Waals surface area contributed by atoms with Crippen LogP contribution < -0.4 is 20.1 Å². The standard InChI is InChI=1S/C19H19N3O4/c1-13(26-16-9-8-15(11-20)10-17(16)25-2)18(23)22-19(24)21-12-14-6-4-3-5-7-14/h3-10,13H,12H2,1-2H3,(H2,21,22,23,24)/t13-/m0/s1. The molecule has 0 aliphatic rings. The molecule has 2 rings (SSSR count). The normalized spacial score (nSPS) is 11.0. The molecule has 0 spiro atoms. The van der Waals surface area contributed by atoms with Crippen LogP contribution in [0.1, 0.15) is 18.1 Å². The Labute approximate surface area is 151 Å². The second-order valence-corrected chi connectivity index (χ2v) is 5.40. The molecule has 2 aromatic carbocycles. The number of methoxy groups -OCH3 is 1. The van der Waals surface area contributed by atoms with Crippen LogP contribution in [0, 0.1) is 11.3 Å². The lowest BCUT2D eigenvalue weighted by Crippen LogP contribution is -2.44. The molecule has 0 saturated heterocycles. The third-order valence-corrected chi connectivity index (χ3v) is 3.50. The zero-order valence-electron chi connectivity index (χ0n) is 14.5. The van der Waals surface area contributed by atoms with Crippen molar-refractivity contribution in [1.29, 1.82) is 5.26 Å². The number of nitrogens with zero attached hydrogens (tertiary/aromatic N) is 1. The molecule has 134 valence electrons. The average Bonchev–Trinajstić information content (AvgIpc) is 2.67. The van der Waals surface area contributed by atoms with Crippen molar-refractivity contribution in [3.63, 3.8) is 0 Å². The maximum Gasteiger partial charge on any atom is 0.321 e. The van der Waals surface area contributed by atoms with E-state index in [0.717, 1.165) is 5.56 Å². The van der Waals surface area contributed by atoms with E-state index in [0.29, 0.717) is 23.6 Å². The second kappa shape index (κ2) is 9.08. The van der Waals surface area contributed by atoms with Crippen LogP contribution in [0.25, 0.3) is 0 Å². The van der Waals surface area contributed by atoms with Gasteiger partial charge < -0.3 is 14.8 Å². The maximum absolute atomic E-state index is 12.1. The molecule has 0 saturated carbocycles. The zero-order valence-corrected chi connectivity index (χ0v) is 14.5. The number of amides is 3. The molecule has 1 atom stereocenters. The Balaban J connectivity index is 1.89. The number of rotatable bonds is 6. The van der Waals surface area contributed by atoms with Gasteiger partial charge in [-0.3, -0.25) is 10.1 Å². The molecule has 0 unspecified atom stereocenters.